The van der Waals surface area contributed by atoms with E-state index in [-0.39, 0.29) is 11.4 Å². The zero-order valence-electron chi connectivity index (χ0n) is 15.1. The molecule has 2 aromatic rings. The van der Waals surface area contributed by atoms with Crippen LogP contribution in [0, 0.1) is 0 Å². The molecule has 2 aliphatic rings. The van der Waals surface area contributed by atoms with Crippen LogP contribution in [-0.4, -0.2) is 54.1 Å². The molecule has 1 saturated carbocycles. The molecule has 1 aliphatic heterocycles. The third kappa shape index (κ3) is 3.29. The Hall–Kier alpha value is -2.47. The van der Waals surface area contributed by atoms with Crippen molar-refractivity contribution >= 4 is 11.9 Å². The molecule has 6 nitrogen and oxygen atoms in total. The van der Waals surface area contributed by atoms with Gasteiger partial charge in [0.15, 0.2) is 0 Å². The molecule has 1 aromatic carbocycles. The number of carbonyl (C=O) groups excluding carboxylic acids is 1. The second-order valence-electron chi connectivity index (χ2n) is 7.08. The van der Waals surface area contributed by atoms with E-state index in [1.807, 2.05) is 6.07 Å². The van der Waals surface area contributed by atoms with Gasteiger partial charge in [-0.1, -0.05) is 24.3 Å². The van der Waals surface area contributed by atoms with Crippen LogP contribution in [0.5, 0.6) is 0 Å². The van der Waals surface area contributed by atoms with Crippen LogP contribution < -0.4 is 4.90 Å². The fourth-order valence-electron chi connectivity index (χ4n) is 3.68. The number of benzene rings is 1. The Morgan fingerprint density at radius 3 is 2.31 bits per heavy atom. The maximum Gasteiger partial charge on any atom is 0.316 e. The van der Waals surface area contributed by atoms with E-state index in [2.05, 4.69) is 44.0 Å². The Kier molecular flexibility index (Phi) is 4.59. The number of hydrogen-bond acceptors (Lipinski definition) is 6. The summed E-state index contributed by atoms with van der Waals surface area (Å²) in [5.74, 6) is 0.707. The minimum absolute atomic E-state index is 0.107. The van der Waals surface area contributed by atoms with E-state index in [0.29, 0.717) is 0 Å². The summed E-state index contributed by atoms with van der Waals surface area (Å²) in [7, 11) is 1.47. The summed E-state index contributed by atoms with van der Waals surface area (Å²) in [6, 6.07) is 10.3. The lowest BCUT2D eigenvalue weighted by molar-refractivity contribution is -0.143. The van der Waals surface area contributed by atoms with Gasteiger partial charge in [0.1, 0.15) is 0 Å². The summed E-state index contributed by atoms with van der Waals surface area (Å²) in [5.41, 5.74) is 1.98. The van der Waals surface area contributed by atoms with E-state index in [4.69, 9.17) is 4.74 Å². The SMILES string of the molecule is COC(=O)C1(c2ccc(CN3CCN(c4ncccn4)CC3)cc2)CC1. The molecule has 0 bridgehead atoms. The van der Waals surface area contributed by atoms with Gasteiger partial charge in [-0.2, -0.15) is 0 Å². The van der Waals surface area contributed by atoms with Crippen molar-refractivity contribution in [2.24, 2.45) is 0 Å². The molecule has 6 heteroatoms. The van der Waals surface area contributed by atoms with E-state index in [9.17, 15) is 4.79 Å². The largest absolute Gasteiger partial charge is 0.468 e. The summed E-state index contributed by atoms with van der Waals surface area (Å²) in [5, 5.41) is 0. The predicted molar refractivity (Wildman–Crippen MR) is 98.9 cm³/mol. The predicted octanol–water partition coefficient (Wildman–Crippen LogP) is 2.00. The van der Waals surface area contributed by atoms with Crippen molar-refractivity contribution in [1.82, 2.24) is 14.9 Å². The fourth-order valence-corrected chi connectivity index (χ4v) is 3.68. The number of nitrogens with zero attached hydrogens (tertiary/aromatic N) is 4. The van der Waals surface area contributed by atoms with Gasteiger partial charge >= 0.3 is 5.97 Å². The van der Waals surface area contributed by atoms with Crippen LogP contribution in [0.1, 0.15) is 24.0 Å². The number of ether oxygens (including phenoxy) is 1. The van der Waals surface area contributed by atoms with Crippen LogP contribution in [0.4, 0.5) is 5.95 Å². The van der Waals surface area contributed by atoms with Gasteiger partial charge in [-0.05, 0) is 30.0 Å². The molecule has 136 valence electrons. The standard InChI is InChI=1S/C20H24N4O2/c1-26-18(25)20(7-8-20)17-5-3-16(4-6-17)15-23-11-13-24(14-12-23)19-21-9-2-10-22-19/h2-6,9-10H,7-8,11-15H2,1H3. The van der Waals surface area contributed by atoms with Crippen LogP contribution in [0.15, 0.2) is 42.7 Å². The second kappa shape index (κ2) is 7.03. The fraction of sp³-hybridized carbons (Fsp3) is 0.450. The van der Waals surface area contributed by atoms with Gasteiger partial charge in [0.2, 0.25) is 5.95 Å². The zero-order valence-corrected chi connectivity index (χ0v) is 15.1. The van der Waals surface area contributed by atoms with Crippen molar-refractivity contribution in [1.29, 1.82) is 0 Å². The van der Waals surface area contributed by atoms with Crippen LogP contribution in [0.2, 0.25) is 0 Å². The minimum atomic E-state index is -0.380. The highest BCUT2D eigenvalue weighted by atomic mass is 16.5. The molecule has 2 heterocycles. The van der Waals surface area contributed by atoms with Crippen LogP contribution in [0.3, 0.4) is 0 Å². The zero-order chi connectivity index (χ0) is 18.0. The van der Waals surface area contributed by atoms with Gasteiger partial charge in [0.05, 0.1) is 12.5 Å². The van der Waals surface area contributed by atoms with Crippen molar-refractivity contribution in [2.45, 2.75) is 24.8 Å². The maximum atomic E-state index is 12.0. The van der Waals surface area contributed by atoms with Crippen molar-refractivity contribution in [3.8, 4) is 0 Å². The van der Waals surface area contributed by atoms with E-state index in [1.54, 1.807) is 12.4 Å². The maximum absolute atomic E-state index is 12.0. The molecule has 0 N–H and O–H groups in total. The lowest BCUT2D eigenvalue weighted by Crippen LogP contribution is -2.46. The molecule has 2 fully saturated rings. The first-order valence-corrected chi connectivity index (χ1v) is 9.13. The second-order valence-corrected chi connectivity index (χ2v) is 7.08. The van der Waals surface area contributed by atoms with Crippen molar-refractivity contribution < 1.29 is 9.53 Å². The van der Waals surface area contributed by atoms with Gasteiger partial charge in [0, 0.05) is 45.1 Å². The van der Waals surface area contributed by atoms with Gasteiger partial charge in [-0.25, -0.2) is 9.97 Å². The molecule has 0 spiro atoms. The molecule has 1 aromatic heterocycles. The van der Waals surface area contributed by atoms with Crippen molar-refractivity contribution in [3.63, 3.8) is 0 Å². The van der Waals surface area contributed by atoms with Gasteiger partial charge in [-0.15, -0.1) is 0 Å². The first-order valence-electron chi connectivity index (χ1n) is 9.13. The molecule has 0 amide bonds. The Balaban J connectivity index is 1.34. The summed E-state index contributed by atoms with van der Waals surface area (Å²) >= 11 is 0. The molecular formula is C20H24N4O2. The lowest BCUT2D eigenvalue weighted by atomic mass is 9.95. The number of anilines is 1. The molecular weight excluding hydrogens is 328 g/mol. The first kappa shape index (κ1) is 17.0. The topological polar surface area (TPSA) is 58.6 Å². The van der Waals surface area contributed by atoms with Crippen LogP contribution in [-0.2, 0) is 21.5 Å². The van der Waals surface area contributed by atoms with Crippen molar-refractivity contribution in [3.05, 3.63) is 53.9 Å². The van der Waals surface area contributed by atoms with Gasteiger partial charge in [0.25, 0.3) is 0 Å². The number of aromatic nitrogens is 2. The highest BCUT2D eigenvalue weighted by Gasteiger charge is 2.52. The average molecular weight is 352 g/mol. The Morgan fingerprint density at radius 1 is 1.08 bits per heavy atom. The molecule has 0 atom stereocenters. The highest BCUT2D eigenvalue weighted by Crippen LogP contribution is 2.49. The first-order chi connectivity index (χ1) is 12.7. The third-order valence-electron chi connectivity index (χ3n) is 5.45. The summed E-state index contributed by atoms with van der Waals surface area (Å²) in [6.45, 7) is 4.79. The average Bonchev–Trinajstić information content (AvgIpc) is 3.51. The normalized spacial score (nSPS) is 19.2. The van der Waals surface area contributed by atoms with E-state index < -0.39 is 0 Å². The number of esters is 1. The number of rotatable bonds is 5. The number of methoxy groups -OCH3 is 1. The van der Waals surface area contributed by atoms with Crippen LogP contribution >= 0.6 is 0 Å². The number of piperazine rings is 1. The number of carbonyl (C=O) groups is 1. The van der Waals surface area contributed by atoms with Crippen molar-refractivity contribution in [2.75, 3.05) is 38.2 Å². The van der Waals surface area contributed by atoms with Crippen LogP contribution in [0.25, 0.3) is 0 Å². The lowest BCUT2D eigenvalue weighted by Gasteiger charge is -2.34. The smallest absolute Gasteiger partial charge is 0.316 e. The Labute approximate surface area is 153 Å². The quantitative estimate of drug-likeness (QED) is 0.767. The molecule has 4 rings (SSSR count). The van der Waals surface area contributed by atoms with E-state index in [1.165, 1.54) is 12.7 Å². The molecule has 26 heavy (non-hydrogen) atoms. The Morgan fingerprint density at radius 2 is 1.73 bits per heavy atom. The molecule has 1 saturated heterocycles. The minimum Gasteiger partial charge on any atom is -0.468 e. The highest BCUT2D eigenvalue weighted by molar-refractivity contribution is 5.86. The molecule has 1 aliphatic carbocycles. The summed E-state index contributed by atoms with van der Waals surface area (Å²) < 4.78 is 4.97. The summed E-state index contributed by atoms with van der Waals surface area (Å²) in [6.07, 6.45) is 5.36. The van der Waals surface area contributed by atoms with Gasteiger partial charge < -0.3 is 9.64 Å². The van der Waals surface area contributed by atoms with E-state index in [0.717, 1.165) is 57.1 Å². The number of hydrogen-bond donors (Lipinski definition) is 0. The molecule has 0 radical (unpaired) electrons. The monoisotopic (exact) mass is 352 g/mol. The third-order valence-corrected chi connectivity index (χ3v) is 5.45. The van der Waals surface area contributed by atoms with Gasteiger partial charge in [-0.3, -0.25) is 9.69 Å². The molecule has 0 unspecified atom stereocenters. The Bertz CT molecular complexity index is 751. The van der Waals surface area contributed by atoms with E-state index >= 15 is 0 Å². The summed E-state index contributed by atoms with van der Waals surface area (Å²) in [4.78, 5) is 25.3.